The van der Waals surface area contributed by atoms with Gasteiger partial charge in [0.05, 0.1) is 23.1 Å². The van der Waals surface area contributed by atoms with E-state index in [9.17, 15) is 9.59 Å². The maximum Gasteiger partial charge on any atom is 0.308 e. The lowest BCUT2D eigenvalue weighted by atomic mass is 10.0. The number of hydrogen-bond donors (Lipinski definition) is 2. The summed E-state index contributed by atoms with van der Waals surface area (Å²) in [6.07, 6.45) is 0.109. The summed E-state index contributed by atoms with van der Waals surface area (Å²) in [5, 5.41) is 14.8. The Labute approximate surface area is 143 Å². The first-order valence-corrected chi connectivity index (χ1v) is 8.35. The second-order valence-corrected chi connectivity index (χ2v) is 6.55. The summed E-state index contributed by atoms with van der Waals surface area (Å²) < 4.78 is 0. The van der Waals surface area contributed by atoms with Crippen molar-refractivity contribution >= 4 is 34.8 Å². The average molecular weight is 353 g/mol. The van der Waals surface area contributed by atoms with Gasteiger partial charge in [-0.3, -0.25) is 9.59 Å². The van der Waals surface area contributed by atoms with Gasteiger partial charge in [-0.25, -0.2) is 4.98 Å². The molecule has 23 heavy (non-hydrogen) atoms. The van der Waals surface area contributed by atoms with E-state index in [-0.39, 0.29) is 12.3 Å². The third-order valence-corrected chi connectivity index (χ3v) is 4.78. The van der Waals surface area contributed by atoms with E-state index in [0.717, 1.165) is 10.6 Å². The molecule has 0 saturated heterocycles. The number of amides is 1. The van der Waals surface area contributed by atoms with E-state index < -0.39 is 17.9 Å². The van der Waals surface area contributed by atoms with Crippen LogP contribution in [0.4, 0.5) is 0 Å². The molecule has 0 aliphatic carbocycles. The van der Waals surface area contributed by atoms with E-state index in [1.165, 1.54) is 11.3 Å². The number of carboxylic acids is 1. The monoisotopic (exact) mass is 352 g/mol. The number of carboxylic acid groups (broad SMARTS) is 1. The van der Waals surface area contributed by atoms with Crippen molar-refractivity contribution in [1.29, 1.82) is 0 Å². The van der Waals surface area contributed by atoms with E-state index >= 15 is 0 Å². The van der Waals surface area contributed by atoms with Gasteiger partial charge in [0.2, 0.25) is 5.91 Å². The standard InChI is InChI=1S/C16H17ClN2O3S/c1-9(16(21)22)10(2)18-14(20)7-11-8-23-15(19-11)12-5-3-4-6-13(12)17/h3-6,8-10H,7H2,1-2H3,(H,18,20)(H,21,22). The van der Waals surface area contributed by atoms with Crippen LogP contribution >= 0.6 is 22.9 Å². The number of carbonyl (C=O) groups is 2. The van der Waals surface area contributed by atoms with Crippen LogP contribution < -0.4 is 5.32 Å². The van der Waals surface area contributed by atoms with Crippen molar-refractivity contribution in [3.8, 4) is 10.6 Å². The quantitative estimate of drug-likeness (QED) is 0.836. The Morgan fingerprint density at radius 2 is 2.04 bits per heavy atom. The fourth-order valence-electron chi connectivity index (χ4n) is 1.95. The Balaban J connectivity index is 2.01. The molecule has 122 valence electrons. The average Bonchev–Trinajstić information content (AvgIpc) is 2.94. The Bertz CT molecular complexity index is 717. The molecule has 0 saturated carbocycles. The fourth-order valence-corrected chi connectivity index (χ4v) is 3.09. The zero-order chi connectivity index (χ0) is 17.0. The number of aliphatic carboxylic acids is 1. The summed E-state index contributed by atoms with van der Waals surface area (Å²) >= 11 is 7.56. The molecule has 0 aliphatic heterocycles. The Kier molecular flexibility index (Phi) is 5.74. The normalized spacial score (nSPS) is 13.3. The van der Waals surface area contributed by atoms with E-state index in [2.05, 4.69) is 10.3 Å². The molecule has 2 unspecified atom stereocenters. The van der Waals surface area contributed by atoms with Gasteiger partial charge in [0.25, 0.3) is 0 Å². The first-order chi connectivity index (χ1) is 10.9. The molecular weight excluding hydrogens is 336 g/mol. The van der Waals surface area contributed by atoms with Gasteiger partial charge in [0, 0.05) is 17.0 Å². The minimum atomic E-state index is -0.938. The molecule has 7 heteroatoms. The number of aromatic nitrogens is 1. The highest BCUT2D eigenvalue weighted by molar-refractivity contribution is 7.13. The number of thiazole rings is 1. The molecule has 2 rings (SSSR count). The summed E-state index contributed by atoms with van der Waals surface area (Å²) in [5.41, 5.74) is 1.47. The molecule has 0 fully saturated rings. The van der Waals surface area contributed by atoms with Gasteiger partial charge in [-0.05, 0) is 19.9 Å². The lowest BCUT2D eigenvalue weighted by molar-refractivity contribution is -0.142. The summed E-state index contributed by atoms with van der Waals surface area (Å²) in [5.74, 6) is -1.83. The molecule has 2 atom stereocenters. The van der Waals surface area contributed by atoms with Crippen molar-refractivity contribution in [2.45, 2.75) is 26.3 Å². The minimum absolute atomic E-state index is 0.109. The summed E-state index contributed by atoms with van der Waals surface area (Å²) in [6, 6.07) is 6.95. The van der Waals surface area contributed by atoms with Crippen molar-refractivity contribution < 1.29 is 14.7 Å². The summed E-state index contributed by atoms with van der Waals surface area (Å²) in [4.78, 5) is 27.3. The van der Waals surface area contributed by atoms with E-state index in [0.29, 0.717) is 10.7 Å². The zero-order valence-corrected chi connectivity index (χ0v) is 14.3. The number of benzene rings is 1. The van der Waals surface area contributed by atoms with Crippen LogP contribution in [0.3, 0.4) is 0 Å². The van der Waals surface area contributed by atoms with Crippen LogP contribution in [-0.4, -0.2) is 28.0 Å². The van der Waals surface area contributed by atoms with Crippen LogP contribution in [0.1, 0.15) is 19.5 Å². The number of rotatable bonds is 6. The smallest absolute Gasteiger partial charge is 0.308 e. The summed E-state index contributed by atoms with van der Waals surface area (Å²) in [7, 11) is 0. The third kappa shape index (κ3) is 4.53. The van der Waals surface area contributed by atoms with Crippen LogP contribution in [0.5, 0.6) is 0 Å². The van der Waals surface area contributed by atoms with Crippen molar-refractivity contribution in [2.75, 3.05) is 0 Å². The third-order valence-electron chi connectivity index (χ3n) is 3.53. The predicted molar refractivity (Wildman–Crippen MR) is 90.7 cm³/mol. The van der Waals surface area contributed by atoms with Gasteiger partial charge in [0.15, 0.2) is 0 Å². The lowest BCUT2D eigenvalue weighted by Gasteiger charge is -2.17. The number of carbonyl (C=O) groups excluding carboxylic acids is 1. The van der Waals surface area contributed by atoms with Crippen LogP contribution in [0, 0.1) is 5.92 Å². The van der Waals surface area contributed by atoms with Gasteiger partial charge in [0.1, 0.15) is 5.01 Å². The SMILES string of the molecule is CC(NC(=O)Cc1csc(-c2ccccc2Cl)n1)C(C)C(=O)O. The lowest BCUT2D eigenvalue weighted by Crippen LogP contribution is -2.40. The molecule has 0 radical (unpaired) electrons. The molecule has 1 aromatic heterocycles. The number of halogens is 1. The molecule has 0 bridgehead atoms. The van der Waals surface area contributed by atoms with Gasteiger partial charge in [-0.1, -0.05) is 29.8 Å². The van der Waals surface area contributed by atoms with Gasteiger partial charge in [-0.2, -0.15) is 0 Å². The molecule has 0 aliphatic rings. The maximum absolute atomic E-state index is 12.0. The molecule has 0 spiro atoms. The predicted octanol–water partition coefficient (Wildman–Crippen LogP) is 3.23. The number of nitrogens with one attached hydrogen (secondary N) is 1. The van der Waals surface area contributed by atoms with Crippen molar-refractivity contribution in [2.24, 2.45) is 5.92 Å². The molecule has 1 amide bonds. The van der Waals surface area contributed by atoms with Gasteiger partial charge in [-0.15, -0.1) is 11.3 Å². The topological polar surface area (TPSA) is 79.3 Å². The van der Waals surface area contributed by atoms with Crippen LogP contribution in [-0.2, 0) is 16.0 Å². The van der Waals surface area contributed by atoms with E-state index in [1.54, 1.807) is 19.9 Å². The van der Waals surface area contributed by atoms with E-state index in [4.69, 9.17) is 16.7 Å². The molecule has 2 N–H and O–H groups in total. The number of hydrogen-bond acceptors (Lipinski definition) is 4. The second kappa shape index (κ2) is 7.57. The second-order valence-electron chi connectivity index (χ2n) is 5.28. The molecule has 5 nitrogen and oxygen atoms in total. The zero-order valence-electron chi connectivity index (χ0n) is 12.7. The number of nitrogens with zero attached hydrogens (tertiary/aromatic N) is 1. The Morgan fingerprint density at radius 1 is 1.35 bits per heavy atom. The van der Waals surface area contributed by atoms with Crippen molar-refractivity contribution in [3.05, 3.63) is 40.4 Å². The van der Waals surface area contributed by atoms with Gasteiger partial charge >= 0.3 is 5.97 Å². The first kappa shape index (κ1) is 17.4. The largest absolute Gasteiger partial charge is 0.481 e. The van der Waals surface area contributed by atoms with Crippen LogP contribution in [0.15, 0.2) is 29.6 Å². The molecular formula is C16H17ClN2O3S. The maximum atomic E-state index is 12.0. The Hall–Kier alpha value is -1.92. The highest BCUT2D eigenvalue weighted by atomic mass is 35.5. The van der Waals surface area contributed by atoms with Crippen LogP contribution in [0.2, 0.25) is 5.02 Å². The van der Waals surface area contributed by atoms with Crippen LogP contribution in [0.25, 0.3) is 10.6 Å². The van der Waals surface area contributed by atoms with Crippen molar-refractivity contribution in [1.82, 2.24) is 10.3 Å². The van der Waals surface area contributed by atoms with E-state index in [1.807, 2.05) is 23.6 Å². The van der Waals surface area contributed by atoms with Gasteiger partial charge < -0.3 is 10.4 Å². The fraction of sp³-hybridized carbons (Fsp3) is 0.312. The molecule has 2 aromatic rings. The first-order valence-electron chi connectivity index (χ1n) is 7.10. The summed E-state index contributed by atoms with van der Waals surface area (Å²) in [6.45, 7) is 3.23. The highest BCUT2D eigenvalue weighted by Crippen LogP contribution is 2.30. The molecule has 1 heterocycles. The highest BCUT2D eigenvalue weighted by Gasteiger charge is 2.21. The molecule has 1 aromatic carbocycles. The minimum Gasteiger partial charge on any atom is -0.481 e. The van der Waals surface area contributed by atoms with Crippen molar-refractivity contribution in [3.63, 3.8) is 0 Å². The Morgan fingerprint density at radius 3 is 2.70 bits per heavy atom.